The number of nitrogens with one attached hydrogen (secondary N) is 1. The molecule has 2 rings (SSSR count). The van der Waals surface area contributed by atoms with Crippen molar-refractivity contribution in [2.24, 2.45) is 7.05 Å². The van der Waals surface area contributed by atoms with E-state index in [0.29, 0.717) is 17.9 Å². The van der Waals surface area contributed by atoms with Crippen LogP contribution in [-0.2, 0) is 13.6 Å². The summed E-state index contributed by atoms with van der Waals surface area (Å²) in [6.45, 7) is 6.30. The van der Waals surface area contributed by atoms with Gasteiger partial charge >= 0.3 is 0 Å². The van der Waals surface area contributed by atoms with E-state index in [9.17, 15) is 5.26 Å². The molecule has 2 aromatic rings. The lowest BCUT2D eigenvalue weighted by Gasteiger charge is -2.09. The maximum atomic E-state index is 9.21. The molecule has 0 aliphatic rings. The molecule has 0 aliphatic carbocycles. The molecule has 0 bridgehead atoms. The van der Waals surface area contributed by atoms with Gasteiger partial charge in [-0.15, -0.1) is 5.10 Å². The third-order valence-electron chi connectivity index (χ3n) is 3.35. The number of aryl methyl sites for hydroxylation is 2. The molecule has 0 amide bonds. The smallest absolute Gasteiger partial charge is 0.167 e. The van der Waals surface area contributed by atoms with Gasteiger partial charge < -0.3 is 5.32 Å². The van der Waals surface area contributed by atoms with Crippen molar-refractivity contribution in [3.63, 3.8) is 0 Å². The van der Waals surface area contributed by atoms with Crippen LogP contribution in [0.25, 0.3) is 0 Å². The fourth-order valence-corrected chi connectivity index (χ4v) is 1.77. The van der Waals surface area contributed by atoms with Gasteiger partial charge in [-0.3, -0.25) is 4.68 Å². The Morgan fingerprint density at radius 2 is 2.05 bits per heavy atom. The quantitative estimate of drug-likeness (QED) is 0.902. The minimum absolute atomic E-state index is 0.522. The summed E-state index contributed by atoms with van der Waals surface area (Å²) >= 11 is 0. The van der Waals surface area contributed by atoms with Crippen LogP contribution in [0.3, 0.4) is 0 Å². The fraction of sp³-hybridized carbons (Fsp3) is 0.385. The molecule has 19 heavy (non-hydrogen) atoms. The highest BCUT2D eigenvalue weighted by molar-refractivity contribution is 5.55. The van der Waals surface area contributed by atoms with Crippen molar-refractivity contribution in [1.82, 2.24) is 20.0 Å². The Balaban J connectivity index is 2.23. The van der Waals surface area contributed by atoms with Crippen LogP contribution in [-0.4, -0.2) is 20.0 Å². The second-order valence-electron chi connectivity index (χ2n) is 4.48. The Hall–Kier alpha value is -2.42. The van der Waals surface area contributed by atoms with E-state index in [2.05, 4.69) is 26.7 Å². The summed E-state index contributed by atoms with van der Waals surface area (Å²) in [6, 6.07) is 2.17. The Morgan fingerprint density at radius 3 is 2.63 bits per heavy atom. The molecule has 6 heteroatoms. The molecule has 1 N–H and O–H groups in total. The first kappa shape index (κ1) is 13.0. The second-order valence-corrected chi connectivity index (χ2v) is 4.48. The van der Waals surface area contributed by atoms with Crippen LogP contribution >= 0.6 is 0 Å². The van der Waals surface area contributed by atoms with Crippen LogP contribution in [0.2, 0.25) is 0 Å². The number of rotatable bonds is 3. The first-order valence-corrected chi connectivity index (χ1v) is 6.00. The topological polar surface area (TPSA) is 79.4 Å². The first-order valence-electron chi connectivity index (χ1n) is 6.00. The summed E-state index contributed by atoms with van der Waals surface area (Å²) < 4.78 is 1.81. The van der Waals surface area contributed by atoms with Crippen LogP contribution in [0.1, 0.15) is 28.1 Å². The zero-order chi connectivity index (χ0) is 14.0. The van der Waals surface area contributed by atoms with Gasteiger partial charge in [0, 0.05) is 24.8 Å². The molecular formula is C13H16N6. The van der Waals surface area contributed by atoms with Crippen molar-refractivity contribution < 1.29 is 0 Å². The van der Waals surface area contributed by atoms with Crippen molar-refractivity contribution in [2.75, 3.05) is 5.32 Å². The molecular weight excluding hydrogens is 240 g/mol. The molecule has 0 saturated heterocycles. The van der Waals surface area contributed by atoms with E-state index in [-0.39, 0.29) is 0 Å². The molecule has 0 saturated carbocycles. The monoisotopic (exact) mass is 256 g/mol. The van der Waals surface area contributed by atoms with Gasteiger partial charge in [-0.2, -0.15) is 15.5 Å². The Kier molecular flexibility index (Phi) is 3.47. The van der Waals surface area contributed by atoms with E-state index < -0.39 is 0 Å². The maximum Gasteiger partial charge on any atom is 0.167 e. The van der Waals surface area contributed by atoms with E-state index in [1.165, 1.54) is 0 Å². The minimum atomic E-state index is 0.522. The van der Waals surface area contributed by atoms with E-state index in [4.69, 9.17) is 0 Å². The lowest BCUT2D eigenvalue weighted by molar-refractivity contribution is 0.738. The Morgan fingerprint density at radius 1 is 1.32 bits per heavy atom. The molecule has 0 radical (unpaired) electrons. The molecule has 0 aromatic carbocycles. The summed E-state index contributed by atoms with van der Waals surface area (Å²) in [5.74, 6) is 0.522. The molecule has 6 nitrogen and oxygen atoms in total. The van der Waals surface area contributed by atoms with Gasteiger partial charge in [0.1, 0.15) is 11.6 Å². The average molecular weight is 256 g/mol. The van der Waals surface area contributed by atoms with Crippen molar-refractivity contribution in [2.45, 2.75) is 27.3 Å². The summed E-state index contributed by atoms with van der Waals surface area (Å²) in [7, 11) is 1.90. The average Bonchev–Trinajstić information content (AvgIpc) is 2.71. The van der Waals surface area contributed by atoms with Crippen molar-refractivity contribution in [3.05, 3.63) is 34.3 Å². The normalized spacial score (nSPS) is 10.3. The van der Waals surface area contributed by atoms with Gasteiger partial charge in [-0.05, 0) is 26.3 Å². The second kappa shape index (κ2) is 5.06. The highest BCUT2D eigenvalue weighted by Crippen LogP contribution is 2.18. The van der Waals surface area contributed by atoms with Crippen LogP contribution < -0.4 is 5.32 Å². The predicted molar refractivity (Wildman–Crippen MR) is 71.5 cm³/mol. The standard InChI is InChI=1S/C13H16N6/c1-8-9(2)17-18-13(12(8)5-14)15-6-11-7-16-19(4)10(11)3/h7H,6H2,1-4H3,(H,15,18). The highest BCUT2D eigenvalue weighted by Gasteiger charge is 2.11. The van der Waals surface area contributed by atoms with E-state index in [1.54, 1.807) is 0 Å². The van der Waals surface area contributed by atoms with Gasteiger partial charge in [0.2, 0.25) is 0 Å². The highest BCUT2D eigenvalue weighted by atomic mass is 15.3. The van der Waals surface area contributed by atoms with Gasteiger partial charge in [0.15, 0.2) is 5.82 Å². The molecule has 0 fully saturated rings. The molecule has 0 atom stereocenters. The first-order chi connectivity index (χ1) is 9.04. The Labute approximate surface area is 112 Å². The van der Waals surface area contributed by atoms with Gasteiger partial charge in [-0.25, -0.2) is 0 Å². The molecule has 0 spiro atoms. The summed E-state index contributed by atoms with van der Waals surface area (Å²) in [4.78, 5) is 0. The summed E-state index contributed by atoms with van der Waals surface area (Å²) in [5.41, 5.74) is 4.35. The van der Waals surface area contributed by atoms with Gasteiger partial charge in [0.05, 0.1) is 11.9 Å². The number of hydrogen-bond donors (Lipinski definition) is 1. The zero-order valence-electron chi connectivity index (χ0n) is 11.5. The van der Waals surface area contributed by atoms with Crippen LogP contribution in [0.4, 0.5) is 5.82 Å². The Bertz CT molecular complexity index is 650. The third-order valence-corrected chi connectivity index (χ3v) is 3.35. The molecule has 2 heterocycles. The van der Waals surface area contributed by atoms with Crippen LogP contribution in [0.15, 0.2) is 6.20 Å². The van der Waals surface area contributed by atoms with E-state index >= 15 is 0 Å². The zero-order valence-corrected chi connectivity index (χ0v) is 11.5. The number of nitrogens with zero attached hydrogens (tertiary/aromatic N) is 5. The largest absolute Gasteiger partial charge is 0.363 e. The van der Waals surface area contributed by atoms with Crippen molar-refractivity contribution in [1.29, 1.82) is 5.26 Å². The lowest BCUT2D eigenvalue weighted by Crippen LogP contribution is -2.08. The predicted octanol–water partition coefficient (Wildman–Crippen LogP) is 1.62. The SMILES string of the molecule is Cc1nnc(NCc2cnn(C)c2C)c(C#N)c1C. The van der Waals surface area contributed by atoms with E-state index in [0.717, 1.165) is 22.5 Å². The maximum absolute atomic E-state index is 9.21. The van der Waals surface area contributed by atoms with Crippen molar-refractivity contribution >= 4 is 5.82 Å². The number of aromatic nitrogens is 4. The van der Waals surface area contributed by atoms with Crippen LogP contribution in [0.5, 0.6) is 0 Å². The van der Waals surface area contributed by atoms with Crippen LogP contribution in [0, 0.1) is 32.1 Å². The van der Waals surface area contributed by atoms with Crippen molar-refractivity contribution in [3.8, 4) is 6.07 Å². The number of anilines is 1. The number of nitriles is 1. The van der Waals surface area contributed by atoms with Gasteiger partial charge in [-0.1, -0.05) is 0 Å². The molecule has 0 aliphatic heterocycles. The number of hydrogen-bond acceptors (Lipinski definition) is 5. The minimum Gasteiger partial charge on any atom is -0.363 e. The van der Waals surface area contributed by atoms with E-state index in [1.807, 2.05) is 38.7 Å². The molecule has 98 valence electrons. The fourth-order valence-electron chi connectivity index (χ4n) is 1.77. The lowest BCUT2D eigenvalue weighted by atomic mass is 10.1. The molecule has 0 unspecified atom stereocenters. The molecule has 2 aromatic heterocycles. The van der Waals surface area contributed by atoms with Gasteiger partial charge in [0.25, 0.3) is 0 Å². The summed E-state index contributed by atoms with van der Waals surface area (Å²) in [5, 5.41) is 24.6. The summed E-state index contributed by atoms with van der Waals surface area (Å²) in [6.07, 6.45) is 1.81. The third kappa shape index (κ3) is 2.40.